The lowest BCUT2D eigenvalue weighted by molar-refractivity contribution is 0.207. The Kier molecular flexibility index (Phi) is 4.78. The highest BCUT2D eigenvalue weighted by atomic mass is 16.3. The fourth-order valence-electron chi connectivity index (χ4n) is 1.44. The minimum atomic E-state index is 0.166. The molecular formula is C11H21N3O. The van der Waals surface area contributed by atoms with Crippen molar-refractivity contribution in [3.8, 4) is 0 Å². The van der Waals surface area contributed by atoms with E-state index in [2.05, 4.69) is 24.3 Å². The smallest absolute Gasteiger partial charge is 0.0533 e. The van der Waals surface area contributed by atoms with Gasteiger partial charge in [0.05, 0.1) is 6.54 Å². The summed E-state index contributed by atoms with van der Waals surface area (Å²) in [5.74, 6) is 0. The Labute approximate surface area is 91.3 Å². The van der Waals surface area contributed by atoms with Crippen LogP contribution >= 0.6 is 0 Å². The van der Waals surface area contributed by atoms with E-state index in [9.17, 15) is 0 Å². The van der Waals surface area contributed by atoms with E-state index in [4.69, 9.17) is 5.11 Å². The first kappa shape index (κ1) is 12.2. The minimum absolute atomic E-state index is 0.166. The first-order chi connectivity index (χ1) is 7.14. The maximum Gasteiger partial charge on any atom is 0.0533 e. The average molecular weight is 211 g/mol. The highest BCUT2D eigenvalue weighted by Gasteiger charge is 2.15. The number of rotatable bonds is 7. The molecule has 1 aromatic rings. The van der Waals surface area contributed by atoms with Gasteiger partial charge in [0, 0.05) is 32.1 Å². The Morgan fingerprint density at radius 1 is 1.47 bits per heavy atom. The summed E-state index contributed by atoms with van der Waals surface area (Å²) in [5, 5.41) is 16.4. The van der Waals surface area contributed by atoms with Crippen molar-refractivity contribution in [2.75, 3.05) is 19.7 Å². The fourth-order valence-corrected chi connectivity index (χ4v) is 1.44. The van der Waals surface area contributed by atoms with Crippen molar-refractivity contribution < 1.29 is 5.11 Å². The third-order valence-corrected chi connectivity index (χ3v) is 2.47. The molecule has 4 nitrogen and oxygen atoms in total. The molecular weight excluding hydrogens is 190 g/mol. The van der Waals surface area contributed by atoms with E-state index < -0.39 is 0 Å². The summed E-state index contributed by atoms with van der Waals surface area (Å²) in [5.41, 5.74) is 0.166. The minimum Gasteiger partial charge on any atom is -0.396 e. The molecule has 0 unspecified atom stereocenters. The monoisotopic (exact) mass is 211 g/mol. The van der Waals surface area contributed by atoms with Crippen LogP contribution in [0, 0.1) is 5.41 Å². The summed E-state index contributed by atoms with van der Waals surface area (Å²) in [6.07, 6.45) is 4.58. The van der Waals surface area contributed by atoms with Crippen LogP contribution in [0.4, 0.5) is 0 Å². The van der Waals surface area contributed by atoms with Gasteiger partial charge in [0.1, 0.15) is 0 Å². The molecule has 0 amide bonds. The van der Waals surface area contributed by atoms with Crippen molar-refractivity contribution >= 4 is 0 Å². The van der Waals surface area contributed by atoms with Gasteiger partial charge in [-0.05, 0) is 17.9 Å². The molecule has 4 heteroatoms. The molecule has 0 aliphatic carbocycles. The number of hydrogen-bond acceptors (Lipinski definition) is 3. The molecule has 0 aliphatic rings. The van der Waals surface area contributed by atoms with Crippen LogP contribution in [0.1, 0.15) is 20.3 Å². The SMILES string of the molecule is CC(C)(CCO)CNCCn1cccn1. The van der Waals surface area contributed by atoms with Crippen LogP contribution in [0.3, 0.4) is 0 Å². The van der Waals surface area contributed by atoms with Crippen LogP contribution in [0.5, 0.6) is 0 Å². The standard InChI is InChI=1S/C11H21N3O/c1-11(2,4-9-15)10-12-6-8-14-7-3-5-13-14/h3,5,7,12,15H,4,6,8-10H2,1-2H3. The largest absolute Gasteiger partial charge is 0.396 e. The van der Waals surface area contributed by atoms with Crippen LogP contribution in [0.2, 0.25) is 0 Å². The molecule has 15 heavy (non-hydrogen) atoms. The van der Waals surface area contributed by atoms with E-state index in [1.54, 1.807) is 6.20 Å². The summed E-state index contributed by atoms with van der Waals surface area (Å²) in [6, 6.07) is 1.93. The lowest BCUT2D eigenvalue weighted by Crippen LogP contribution is -2.32. The molecule has 0 atom stereocenters. The maximum atomic E-state index is 8.87. The van der Waals surface area contributed by atoms with Crippen molar-refractivity contribution in [2.24, 2.45) is 5.41 Å². The van der Waals surface area contributed by atoms with Gasteiger partial charge >= 0.3 is 0 Å². The van der Waals surface area contributed by atoms with E-state index in [0.29, 0.717) is 0 Å². The van der Waals surface area contributed by atoms with Crippen molar-refractivity contribution in [1.29, 1.82) is 0 Å². The van der Waals surface area contributed by atoms with E-state index in [1.807, 2.05) is 16.9 Å². The van der Waals surface area contributed by atoms with Crippen molar-refractivity contribution in [3.05, 3.63) is 18.5 Å². The Bertz CT molecular complexity index is 257. The van der Waals surface area contributed by atoms with Gasteiger partial charge in [-0.2, -0.15) is 5.10 Å². The number of hydrogen-bond donors (Lipinski definition) is 2. The molecule has 0 saturated heterocycles. The highest BCUT2D eigenvalue weighted by molar-refractivity contribution is 4.78. The zero-order valence-corrected chi connectivity index (χ0v) is 9.61. The van der Waals surface area contributed by atoms with E-state index >= 15 is 0 Å². The van der Waals surface area contributed by atoms with Crippen LogP contribution in [-0.2, 0) is 6.54 Å². The summed E-state index contributed by atoms with van der Waals surface area (Å²) < 4.78 is 1.91. The van der Waals surface area contributed by atoms with Crippen LogP contribution in [-0.4, -0.2) is 34.6 Å². The topological polar surface area (TPSA) is 50.1 Å². The van der Waals surface area contributed by atoms with Crippen molar-refractivity contribution in [2.45, 2.75) is 26.8 Å². The number of aromatic nitrogens is 2. The normalized spacial score (nSPS) is 11.9. The predicted octanol–water partition coefficient (Wildman–Crippen LogP) is 0.881. The number of nitrogens with one attached hydrogen (secondary N) is 1. The zero-order valence-electron chi connectivity index (χ0n) is 9.61. The van der Waals surface area contributed by atoms with E-state index in [1.165, 1.54) is 0 Å². The molecule has 0 bridgehead atoms. The zero-order chi connectivity index (χ0) is 11.1. The number of aliphatic hydroxyl groups excluding tert-OH is 1. The predicted molar refractivity (Wildman–Crippen MR) is 60.6 cm³/mol. The van der Waals surface area contributed by atoms with Gasteiger partial charge in [-0.15, -0.1) is 0 Å². The molecule has 1 aromatic heterocycles. The van der Waals surface area contributed by atoms with Gasteiger partial charge < -0.3 is 10.4 Å². The first-order valence-electron chi connectivity index (χ1n) is 5.43. The van der Waals surface area contributed by atoms with E-state index in [-0.39, 0.29) is 12.0 Å². The summed E-state index contributed by atoms with van der Waals surface area (Å²) >= 11 is 0. The highest BCUT2D eigenvalue weighted by Crippen LogP contribution is 2.17. The molecule has 0 spiro atoms. The lowest BCUT2D eigenvalue weighted by Gasteiger charge is -2.23. The van der Waals surface area contributed by atoms with Crippen LogP contribution in [0.15, 0.2) is 18.5 Å². The quantitative estimate of drug-likeness (QED) is 0.658. The summed E-state index contributed by atoms with van der Waals surface area (Å²) in [4.78, 5) is 0. The Morgan fingerprint density at radius 2 is 2.27 bits per heavy atom. The second kappa shape index (κ2) is 5.88. The number of aliphatic hydroxyl groups is 1. The van der Waals surface area contributed by atoms with Gasteiger partial charge in [-0.1, -0.05) is 13.8 Å². The Hall–Kier alpha value is -0.870. The molecule has 0 saturated carbocycles. The van der Waals surface area contributed by atoms with Gasteiger partial charge in [0.25, 0.3) is 0 Å². The molecule has 0 aromatic carbocycles. The molecule has 0 aliphatic heterocycles. The summed E-state index contributed by atoms with van der Waals surface area (Å²) in [6.45, 7) is 7.30. The average Bonchev–Trinajstić information content (AvgIpc) is 2.65. The van der Waals surface area contributed by atoms with Gasteiger partial charge in [-0.25, -0.2) is 0 Å². The Morgan fingerprint density at radius 3 is 2.87 bits per heavy atom. The molecule has 86 valence electrons. The van der Waals surface area contributed by atoms with Gasteiger partial charge in [0.15, 0.2) is 0 Å². The molecule has 1 rings (SSSR count). The van der Waals surface area contributed by atoms with Crippen LogP contribution in [0.25, 0.3) is 0 Å². The van der Waals surface area contributed by atoms with Crippen molar-refractivity contribution in [1.82, 2.24) is 15.1 Å². The maximum absolute atomic E-state index is 8.87. The molecule has 0 fully saturated rings. The molecule has 2 N–H and O–H groups in total. The van der Waals surface area contributed by atoms with Gasteiger partial charge in [0.2, 0.25) is 0 Å². The van der Waals surface area contributed by atoms with E-state index in [0.717, 1.165) is 26.1 Å². The summed E-state index contributed by atoms with van der Waals surface area (Å²) in [7, 11) is 0. The van der Waals surface area contributed by atoms with Crippen LogP contribution < -0.4 is 5.32 Å². The Balaban J connectivity index is 2.11. The fraction of sp³-hybridized carbons (Fsp3) is 0.727. The van der Waals surface area contributed by atoms with Gasteiger partial charge in [-0.3, -0.25) is 4.68 Å². The van der Waals surface area contributed by atoms with Crippen molar-refractivity contribution in [3.63, 3.8) is 0 Å². The lowest BCUT2D eigenvalue weighted by atomic mass is 9.90. The molecule has 1 heterocycles. The first-order valence-corrected chi connectivity index (χ1v) is 5.43. The third-order valence-electron chi connectivity index (χ3n) is 2.47. The number of nitrogens with zero attached hydrogens (tertiary/aromatic N) is 2. The molecule has 0 radical (unpaired) electrons. The second-order valence-electron chi connectivity index (χ2n) is 4.58. The third kappa shape index (κ3) is 4.95. The second-order valence-corrected chi connectivity index (χ2v) is 4.58.